The summed E-state index contributed by atoms with van der Waals surface area (Å²) in [6.45, 7) is 1.10. The SMILES string of the molecule is Clc1nc(N2CCC3CCCCC32)c2cc[nH]c2n1. The van der Waals surface area contributed by atoms with Crippen molar-refractivity contribution in [3.8, 4) is 0 Å². The molecule has 4 rings (SSSR count). The van der Waals surface area contributed by atoms with Crippen LogP contribution in [-0.4, -0.2) is 27.5 Å². The van der Waals surface area contributed by atoms with Crippen molar-refractivity contribution in [2.45, 2.75) is 38.1 Å². The smallest absolute Gasteiger partial charge is 0.226 e. The van der Waals surface area contributed by atoms with Crippen LogP contribution in [0.15, 0.2) is 12.3 Å². The van der Waals surface area contributed by atoms with Gasteiger partial charge in [0.05, 0.1) is 5.39 Å². The van der Waals surface area contributed by atoms with E-state index >= 15 is 0 Å². The normalized spacial score (nSPS) is 26.9. The summed E-state index contributed by atoms with van der Waals surface area (Å²) in [4.78, 5) is 14.4. The first-order chi connectivity index (χ1) is 9.33. The van der Waals surface area contributed by atoms with E-state index in [1.807, 2.05) is 6.20 Å². The van der Waals surface area contributed by atoms with Crippen molar-refractivity contribution < 1.29 is 0 Å². The molecule has 5 heteroatoms. The van der Waals surface area contributed by atoms with Crippen LogP contribution < -0.4 is 4.90 Å². The van der Waals surface area contributed by atoms with Crippen LogP contribution >= 0.6 is 11.6 Å². The molecule has 1 saturated carbocycles. The van der Waals surface area contributed by atoms with Gasteiger partial charge in [0.25, 0.3) is 0 Å². The van der Waals surface area contributed by atoms with Gasteiger partial charge in [0.2, 0.25) is 5.28 Å². The maximum atomic E-state index is 6.07. The molecular formula is C14H17ClN4. The number of anilines is 1. The number of aromatic nitrogens is 3. The summed E-state index contributed by atoms with van der Waals surface area (Å²) in [7, 11) is 0. The molecule has 1 aliphatic carbocycles. The minimum absolute atomic E-state index is 0.337. The number of rotatable bonds is 1. The van der Waals surface area contributed by atoms with E-state index in [1.54, 1.807) is 0 Å². The standard InChI is InChI=1S/C14H17ClN4/c15-14-17-12-10(5-7-16-12)13(18-14)19-8-6-9-3-1-2-4-11(9)19/h5,7,9,11H,1-4,6,8H2,(H,16,17,18). The van der Waals surface area contributed by atoms with E-state index in [0.29, 0.717) is 11.3 Å². The van der Waals surface area contributed by atoms with Gasteiger partial charge in [0.1, 0.15) is 11.5 Å². The number of hydrogen-bond donors (Lipinski definition) is 1. The van der Waals surface area contributed by atoms with Gasteiger partial charge in [-0.2, -0.15) is 9.97 Å². The lowest BCUT2D eigenvalue weighted by molar-refractivity contribution is 0.341. The van der Waals surface area contributed by atoms with Crippen molar-refractivity contribution in [2.24, 2.45) is 5.92 Å². The quantitative estimate of drug-likeness (QED) is 0.812. The van der Waals surface area contributed by atoms with Crippen LogP contribution in [0.2, 0.25) is 5.28 Å². The second-order valence-corrected chi connectivity index (χ2v) is 5.99. The number of hydrogen-bond acceptors (Lipinski definition) is 3. The highest BCUT2D eigenvalue weighted by atomic mass is 35.5. The van der Waals surface area contributed by atoms with E-state index in [2.05, 4.69) is 25.9 Å². The Bertz CT molecular complexity index is 609. The Hall–Kier alpha value is -1.29. The molecule has 1 N–H and O–H groups in total. The van der Waals surface area contributed by atoms with E-state index in [1.165, 1.54) is 32.1 Å². The molecule has 0 aromatic carbocycles. The lowest BCUT2D eigenvalue weighted by Gasteiger charge is -2.32. The summed E-state index contributed by atoms with van der Waals surface area (Å²) in [5.41, 5.74) is 0.842. The summed E-state index contributed by atoms with van der Waals surface area (Å²) in [5, 5.41) is 1.43. The maximum absolute atomic E-state index is 6.07. The van der Waals surface area contributed by atoms with Gasteiger partial charge in [-0.1, -0.05) is 12.8 Å². The van der Waals surface area contributed by atoms with Gasteiger partial charge in [-0.05, 0) is 42.8 Å². The topological polar surface area (TPSA) is 44.8 Å². The molecule has 4 nitrogen and oxygen atoms in total. The highest BCUT2D eigenvalue weighted by Crippen LogP contribution is 2.40. The van der Waals surface area contributed by atoms with Gasteiger partial charge in [0.15, 0.2) is 0 Å². The average Bonchev–Trinajstić information content (AvgIpc) is 3.03. The van der Waals surface area contributed by atoms with Gasteiger partial charge in [-0.25, -0.2) is 0 Å². The lowest BCUT2D eigenvalue weighted by Crippen LogP contribution is -2.35. The number of fused-ring (bicyclic) bond motifs is 2. The van der Waals surface area contributed by atoms with Crippen LogP contribution in [0, 0.1) is 5.92 Å². The molecular weight excluding hydrogens is 260 g/mol. The maximum Gasteiger partial charge on any atom is 0.226 e. The fourth-order valence-corrected chi connectivity index (χ4v) is 3.95. The largest absolute Gasteiger partial charge is 0.353 e. The molecule has 1 aliphatic heterocycles. The fraction of sp³-hybridized carbons (Fsp3) is 0.571. The second kappa shape index (κ2) is 4.37. The van der Waals surface area contributed by atoms with Crippen molar-refractivity contribution in [1.82, 2.24) is 15.0 Å². The Labute approximate surface area is 117 Å². The lowest BCUT2D eigenvalue weighted by atomic mass is 9.85. The van der Waals surface area contributed by atoms with Crippen LogP contribution in [0.5, 0.6) is 0 Å². The number of aromatic amines is 1. The fourth-order valence-electron chi connectivity index (χ4n) is 3.79. The zero-order valence-corrected chi connectivity index (χ0v) is 11.5. The van der Waals surface area contributed by atoms with Crippen molar-refractivity contribution in [3.05, 3.63) is 17.5 Å². The van der Waals surface area contributed by atoms with Crippen molar-refractivity contribution in [2.75, 3.05) is 11.4 Å². The molecule has 0 amide bonds. The minimum Gasteiger partial charge on any atom is -0.353 e. The molecule has 0 radical (unpaired) electrons. The zero-order valence-electron chi connectivity index (χ0n) is 10.8. The third-order valence-electron chi connectivity index (χ3n) is 4.65. The highest BCUT2D eigenvalue weighted by Gasteiger charge is 2.37. The summed E-state index contributed by atoms with van der Waals surface area (Å²) in [6, 6.07) is 2.70. The Morgan fingerprint density at radius 1 is 1.21 bits per heavy atom. The van der Waals surface area contributed by atoms with Gasteiger partial charge < -0.3 is 9.88 Å². The van der Waals surface area contributed by atoms with Crippen LogP contribution in [-0.2, 0) is 0 Å². The zero-order chi connectivity index (χ0) is 12.8. The molecule has 0 bridgehead atoms. The number of nitrogens with one attached hydrogen (secondary N) is 1. The molecule has 19 heavy (non-hydrogen) atoms. The highest BCUT2D eigenvalue weighted by molar-refractivity contribution is 6.28. The third-order valence-corrected chi connectivity index (χ3v) is 4.82. The van der Waals surface area contributed by atoms with E-state index in [9.17, 15) is 0 Å². The second-order valence-electron chi connectivity index (χ2n) is 5.65. The van der Waals surface area contributed by atoms with E-state index in [0.717, 1.165) is 29.3 Å². The van der Waals surface area contributed by atoms with Gasteiger partial charge in [-0.3, -0.25) is 0 Å². The molecule has 100 valence electrons. The molecule has 2 aromatic rings. The monoisotopic (exact) mass is 276 g/mol. The van der Waals surface area contributed by atoms with Gasteiger partial charge in [-0.15, -0.1) is 0 Å². The number of nitrogens with zero attached hydrogens (tertiary/aromatic N) is 3. The third kappa shape index (κ3) is 1.81. The Kier molecular flexibility index (Phi) is 2.65. The van der Waals surface area contributed by atoms with E-state index in [4.69, 9.17) is 11.6 Å². The summed E-state index contributed by atoms with van der Waals surface area (Å²) in [5.74, 6) is 1.86. The van der Waals surface area contributed by atoms with Crippen LogP contribution in [0.1, 0.15) is 32.1 Å². The van der Waals surface area contributed by atoms with Crippen molar-refractivity contribution in [1.29, 1.82) is 0 Å². The van der Waals surface area contributed by atoms with Crippen LogP contribution in [0.3, 0.4) is 0 Å². The van der Waals surface area contributed by atoms with Crippen molar-refractivity contribution >= 4 is 28.5 Å². The molecule has 2 fully saturated rings. The van der Waals surface area contributed by atoms with Crippen LogP contribution in [0.25, 0.3) is 11.0 Å². The minimum atomic E-state index is 0.337. The number of H-pyrrole nitrogens is 1. The Balaban J connectivity index is 1.79. The predicted molar refractivity (Wildman–Crippen MR) is 76.6 cm³/mol. The van der Waals surface area contributed by atoms with Crippen molar-refractivity contribution in [3.63, 3.8) is 0 Å². The van der Waals surface area contributed by atoms with Gasteiger partial charge >= 0.3 is 0 Å². The van der Waals surface area contributed by atoms with E-state index < -0.39 is 0 Å². The summed E-state index contributed by atoms with van der Waals surface area (Å²) < 4.78 is 0. The summed E-state index contributed by atoms with van der Waals surface area (Å²) >= 11 is 6.07. The Morgan fingerprint density at radius 3 is 3.05 bits per heavy atom. The van der Waals surface area contributed by atoms with E-state index in [-0.39, 0.29) is 0 Å². The van der Waals surface area contributed by atoms with Gasteiger partial charge in [0, 0.05) is 18.8 Å². The predicted octanol–water partition coefficient (Wildman–Crippen LogP) is 3.38. The molecule has 2 unspecified atom stereocenters. The first-order valence-electron chi connectivity index (χ1n) is 7.10. The summed E-state index contributed by atoms with van der Waals surface area (Å²) in [6.07, 6.45) is 8.59. The molecule has 2 atom stereocenters. The molecule has 1 saturated heterocycles. The first kappa shape index (κ1) is 11.5. The number of halogens is 1. The molecule has 0 spiro atoms. The average molecular weight is 277 g/mol. The molecule has 3 heterocycles. The van der Waals surface area contributed by atoms with Crippen LogP contribution in [0.4, 0.5) is 5.82 Å². The first-order valence-corrected chi connectivity index (χ1v) is 7.48. The molecule has 2 aromatic heterocycles. The Morgan fingerprint density at radius 2 is 2.11 bits per heavy atom. The molecule has 2 aliphatic rings.